The lowest BCUT2D eigenvalue weighted by Crippen LogP contribution is -2.43. The molecule has 1 aliphatic carbocycles. The minimum absolute atomic E-state index is 0.00346. The molecule has 1 amide bonds. The molecule has 0 atom stereocenters. The van der Waals surface area contributed by atoms with Crippen molar-refractivity contribution in [1.29, 1.82) is 0 Å². The molecule has 0 unspecified atom stereocenters. The van der Waals surface area contributed by atoms with Gasteiger partial charge in [0.05, 0.1) is 5.54 Å². The Morgan fingerprint density at radius 2 is 1.94 bits per heavy atom. The second-order valence-corrected chi connectivity index (χ2v) is 5.03. The minimum atomic E-state index is -0.555. The summed E-state index contributed by atoms with van der Waals surface area (Å²) in [7, 11) is 0. The first-order valence-electron chi connectivity index (χ1n) is 6.15. The second kappa shape index (κ2) is 4.49. The number of nitrogens with two attached hydrogens (primary N) is 1. The van der Waals surface area contributed by atoms with Gasteiger partial charge in [-0.15, -0.1) is 0 Å². The summed E-state index contributed by atoms with van der Waals surface area (Å²) in [6, 6.07) is 6.27. The van der Waals surface area contributed by atoms with Crippen LogP contribution in [0.4, 0.5) is 0 Å². The van der Waals surface area contributed by atoms with Gasteiger partial charge in [0.1, 0.15) is 0 Å². The van der Waals surface area contributed by atoms with Crippen LogP contribution in [0.3, 0.4) is 0 Å². The molecule has 0 saturated heterocycles. The van der Waals surface area contributed by atoms with Crippen LogP contribution in [-0.2, 0) is 11.2 Å². The Morgan fingerprint density at radius 1 is 1.35 bits per heavy atom. The van der Waals surface area contributed by atoms with Gasteiger partial charge in [-0.05, 0) is 49.8 Å². The predicted octanol–water partition coefficient (Wildman–Crippen LogP) is 1.45. The van der Waals surface area contributed by atoms with E-state index in [1.165, 1.54) is 16.7 Å². The number of rotatable bonds is 4. The highest BCUT2D eigenvalue weighted by molar-refractivity contribution is 5.88. The first-order valence-corrected chi connectivity index (χ1v) is 6.15. The third kappa shape index (κ3) is 2.67. The molecule has 17 heavy (non-hydrogen) atoms. The molecular weight excluding hydrogens is 212 g/mol. The Hall–Kier alpha value is -1.35. The number of carbonyl (C=O) groups is 1. The Labute approximate surface area is 102 Å². The highest BCUT2D eigenvalue weighted by Gasteiger charge is 2.45. The van der Waals surface area contributed by atoms with Crippen molar-refractivity contribution in [3.63, 3.8) is 0 Å². The Kier molecular flexibility index (Phi) is 3.20. The third-order valence-corrected chi connectivity index (χ3v) is 3.55. The van der Waals surface area contributed by atoms with Gasteiger partial charge in [0.15, 0.2) is 0 Å². The molecule has 92 valence electrons. The van der Waals surface area contributed by atoms with Gasteiger partial charge in [0.2, 0.25) is 5.91 Å². The average Bonchev–Trinajstić information content (AvgIpc) is 3.02. The number of benzene rings is 1. The van der Waals surface area contributed by atoms with Crippen molar-refractivity contribution < 1.29 is 4.79 Å². The van der Waals surface area contributed by atoms with Gasteiger partial charge in [-0.2, -0.15) is 0 Å². The molecule has 3 nitrogen and oxygen atoms in total. The fourth-order valence-corrected chi connectivity index (χ4v) is 2.08. The maximum Gasteiger partial charge on any atom is 0.240 e. The van der Waals surface area contributed by atoms with E-state index in [2.05, 4.69) is 37.4 Å². The zero-order valence-corrected chi connectivity index (χ0v) is 10.5. The summed E-state index contributed by atoms with van der Waals surface area (Å²) >= 11 is 0. The van der Waals surface area contributed by atoms with E-state index in [0.29, 0.717) is 6.54 Å². The van der Waals surface area contributed by atoms with Crippen molar-refractivity contribution in [2.45, 2.75) is 38.6 Å². The SMILES string of the molecule is Cc1cccc(C)c1CCNC(=O)C1(N)CC1. The van der Waals surface area contributed by atoms with Gasteiger partial charge in [-0.1, -0.05) is 18.2 Å². The van der Waals surface area contributed by atoms with Gasteiger partial charge < -0.3 is 11.1 Å². The van der Waals surface area contributed by atoms with E-state index >= 15 is 0 Å². The fourth-order valence-electron chi connectivity index (χ4n) is 2.08. The summed E-state index contributed by atoms with van der Waals surface area (Å²) in [5, 5.41) is 2.92. The fraction of sp³-hybridized carbons (Fsp3) is 0.500. The highest BCUT2D eigenvalue weighted by atomic mass is 16.2. The summed E-state index contributed by atoms with van der Waals surface area (Å²) in [5.41, 5.74) is 9.16. The lowest BCUT2D eigenvalue weighted by molar-refractivity contribution is -0.123. The molecule has 0 aliphatic heterocycles. The molecule has 0 radical (unpaired) electrons. The highest BCUT2D eigenvalue weighted by Crippen LogP contribution is 2.32. The summed E-state index contributed by atoms with van der Waals surface area (Å²) in [6.45, 7) is 4.88. The first kappa shape index (κ1) is 12.1. The zero-order chi connectivity index (χ0) is 12.5. The van der Waals surface area contributed by atoms with Crippen LogP contribution in [-0.4, -0.2) is 18.0 Å². The Morgan fingerprint density at radius 3 is 2.47 bits per heavy atom. The third-order valence-electron chi connectivity index (χ3n) is 3.55. The maximum absolute atomic E-state index is 11.7. The van der Waals surface area contributed by atoms with Crippen LogP contribution in [0, 0.1) is 13.8 Å². The Balaban J connectivity index is 1.88. The van der Waals surface area contributed by atoms with Crippen LogP contribution in [0.2, 0.25) is 0 Å². The number of aryl methyl sites for hydroxylation is 2. The van der Waals surface area contributed by atoms with Gasteiger partial charge in [-0.3, -0.25) is 4.79 Å². The van der Waals surface area contributed by atoms with E-state index in [1.54, 1.807) is 0 Å². The molecule has 1 aliphatic rings. The number of amides is 1. The molecule has 1 aromatic carbocycles. The standard InChI is InChI=1S/C14H20N2O/c1-10-4-3-5-11(2)12(10)6-9-16-13(17)14(15)7-8-14/h3-5H,6-9,15H2,1-2H3,(H,16,17). The van der Waals surface area contributed by atoms with Crippen LogP contribution >= 0.6 is 0 Å². The molecule has 3 N–H and O–H groups in total. The lowest BCUT2D eigenvalue weighted by Gasteiger charge is -2.12. The largest absolute Gasteiger partial charge is 0.354 e. The normalized spacial score (nSPS) is 16.6. The van der Waals surface area contributed by atoms with Crippen molar-refractivity contribution in [3.8, 4) is 0 Å². The van der Waals surface area contributed by atoms with Crippen molar-refractivity contribution >= 4 is 5.91 Å². The number of hydrogen-bond donors (Lipinski definition) is 2. The molecule has 0 heterocycles. The van der Waals surface area contributed by atoms with E-state index in [-0.39, 0.29) is 5.91 Å². The predicted molar refractivity (Wildman–Crippen MR) is 68.8 cm³/mol. The first-order chi connectivity index (χ1) is 8.03. The van der Waals surface area contributed by atoms with E-state index < -0.39 is 5.54 Å². The summed E-state index contributed by atoms with van der Waals surface area (Å²) in [5.74, 6) is 0.00346. The molecule has 3 heteroatoms. The number of carbonyl (C=O) groups excluding carboxylic acids is 1. The average molecular weight is 232 g/mol. The summed E-state index contributed by atoms with van der Waals surface area (Å²) in [6.07, 6.45) is 2.52. The van der Waals surface area contributed by atoms with Crippen LogP contribution in [0.15, 0.2) is 18.2 Å². The van der Waals surface area contributed by atoms with E-state index in [1.807, 2.05) is 0 Å². The van der Waals surface area contributed by atoms with E-state index in [9.17, 15) is 4.79 Å². The van der Waals surface area contributed by atoms with Crippen LogP contribution in [0.1, 0.15) is 29.5 Å². The van der Waals surface area contributed by atoms with Gasteiger partial charge >= 0.3 is 0 Å². The van der Waals surface area contributed by atoms with Crippen molar-refractivity contribution in [2.75, 3.05) is 6.54 Å². The second-order valence-electron chi connectivity index (χ2n) is 5.03. The van der Waals surface area contributed by atoms with Gasteiger partial charge in [-0.25, -0.2) is 0 Å². The molecule has 2 rings (SSSR count). The van der Waals surface area contributed by atoms with Crippen LogP contribution < -0.4 is 11.1 Å². The van der Waals surface area contributed by atoms with Crippen molar-refractivity contribution in [1.82, 2.24) is 5.32 Å². The molecule has 1 fully saturated rings. The minimum Gasteiger partial charge on any atom is -0.354 e. The van der Waals surface area contributed by atoms with Gasteiger partial charge in [0.25, 0.3) is 0 Å². The molecule has 0 bridgehead atoms. The molecule has 1 saturated carbocycles. The van der Waals surface area contributed by atoms with Crippen LogP contribution in [0.25, 0.3) is 0 Å². The lowest BCUT2D eigenvalue weighted by atomic mass is 10.0. The van der Waals surface area contributed by atoms with E-state index in [0.717, 1.165) is 19.3 Å². The van der Waals surface area contributed by atoms with Crippen molar-refractivity contribution in [2.24, 2.45) is 5.73 Å². The van der Waals surface area contributed by atoms with E-state index in [4.69, 9.17) is 5.73 Å². The topological polar surface area (TPSA) is 55.1 Å². The molecular formula is C14H20N2O. The monoisotopic (exact) mass is 232 g/mol. The van der Waals surface area contributed by atoms with Crippen LogP contribution in [0.5, 0.6) is 0 Å². The molecule has 0 spiro atoms. The molecule has 0 aromatic heterocycles. The quantitative estimate of drug-likeness (QED) is 0.825. The summed E-state index contributed by atoms with van der Waals surface area (Å²) < 4.78 is 0. The smallest absolute Gasteiger partial charge is 0.240 e. The maximum atomic E-state index is 11.7. The molecule has 1 aromatic rings. The van der Waals surface area contributed by atoms with Gasteiger partial charge in [0, 0.05) is 6.54 Å². The summed E-state index contributed by atoms with van der Waals surface area (Å²) in [4.78, 5) is 11.7. The number of hydrogen-bond acceptors (Lipinski definition) is 2. The zero-order valence-electron chi connectivity index (χ0n) is 10.5. The Bertz CT molecular complexity index is 416. The number of nitrogens with one attached hydrogen (secondary N) is 1. The van der Waals surface area contributed by atoms with Crippen molar-refractivity contribution in [3.05, 3.63) is 34.9 Å².